The highest BCUT2D eigenvalue weighted by Gasteiger charge is 2.26. The van der Waals surface area contributed by atoms with Gasteiger partial charge in [0.2, 0.25) is 11.8 Å². The van der Waals surface area contributed by atoms with Gasteiger partial charge in [0.25, 0.3) is 0 Å². The minimum Gasteiger partial charge on any atom is -0.355 e. The summed E-state index contributed by atoms with van der Waals surface area (Å²) in [5.41, 5.74) is 4.72. The number of carbonyl (C=O) groups is 2. The third-order valence-electron chi connectivity index (χ3n) is 5.57. The van der Waals surface area contributed by atoms with Crippen LogP contribution in [0.4, 0.5) is 0 Å². The molecule has 0 aliphatic heterocycles. The van der Waals surface area contributed by atoms with E-state index in [2.05, 4.69) is 50.4 Å². The van der Waals surface area contributed by atoms with Crippen LogP contribution in [0, 0.1) is 6.92 Å². The van der Waals surface area contributed by atoms with Crippen molar-refractivity contribution >= 4 is 11.8 Å². The first kappa shape index (κ1) is 23.7. The third kappa shape index (κ3) is 6.45. The zero-order chi connectivity index (χ0) is 22.3. The van der Waals surface area contributed by atoms with Crippen molar-refractivity contribution in [3.8, 4) is 0 Å². The standard InChI is InChI=1S/C26H36N2O2/c1-7-27-25(30)20(3)28(18-22-11-9-8-10-19(22)2)24(29)17-14-21-12-15-23(16-13-21)26(4,5)6/h8-13,15-16,20H,7,14,17-18H2,1-6H3,(H,27,30)/t20-/m1/s1. The van der Waals surface area contributed by atoms with Crippen molar-refractivity contribution < 1.29 is 9.59 Å². The smallest absolute Gasteiger partial charge is 0.242 e. The van der Waals surface area contributed by atoms with Gasteiger partial charge in [-0.05, 0) is 54.9 Å². The second-order valence-electron chi connectivity index (χ2n) is 8.97. The highest BCUT2D eigenvalue weighted by molar-refractivity contribution is 5.87. The summed E-state index contributed by atoms with van der Waals surface area (Å²) in [7, 11) is 0. The number of likely N-dealkylation sites (N-methyl/N-ethyl adjacent to an activating group) is 1. The fourth-order valence-corrected chi connectivity index (χ4v) is 3.44. The minimum absolute atomic E-state index is 0.00287. The SMILES string of the molecule is CCNC(=O)[C@@H](C)N(Cc1ccccc1C)C(=O)CCc1ccc(C(C)(C)C)cc1. The highest BCUT2D eigenvalue weighted by Crippen LogP contribution is 2.23. The van der Waals surface area contributed by atoms with E-state index in [4.69, 9.17) is 0 Å². The maximum Gasteiger partial charge on any atom is 0.242 e. The van der Waals surface area contributed by atoms with Crippen molar-refractivity contribution in [2.75, 3.05) is 6.54 Å². The molecule has 0 unspecified atom stereocenters. The summed E-state index contributed by atoms with van der Waals surface area (Å²) in [6.07, 6.45) is 1.04. The van der Waals surface area contributed by atoms with Crippen LogP contribution >= 0.6 is 0 Å². The molecule has 1 N–H and O–H groups in total. The molecule has 2 amide bonds. The first-order valence-electron chi connectivity index (χ1n) is 10.8. The number of aryl methyl sites for hydroxylation is 2. The van der Waals surface area contributed by atoms with E-state index >= 15 is 0 Å². The molecular weight excluding hydrogens is 372 g/mol. The Hall–Kier alpha value is -2.62. The van der Waals surface area contributed by atoms with Crippen LogP contribution in [0.3, 0.4) is 0 Å². The molecule has 0 spiro atoms. The molecule has 1 atom stereocenters. The normalized spacial score (nSPS) is 12.3. The summed E-state index contributed by atoms with van der Waals surface area (Å²) in [4.78, 5) is 27.3. The Kier molecular flexibility index (Phi) is 8.22. The number of nitrogens with one attached hydrogen (secondary N) is 1. The van der Waals surface area contributed by atoms with E-state index in [0.29, 0.717) is 25.9 Å². The van der Waals surface area contributed by atoms with Crippen molar-refractivity contribution in [1.82, 2.24) is 10.2 Å². The zero-order valence-corrected chi connectivity index (χ0v) is 19.3. The van der Waals surface area contributed by atoms with Crippen LogP contribution in [0.15, 0.2) is 48.5 Å². The predicted octanol–water partition coefficient (Wildman–Crippen LogP) is 4.78. The molecule has 0 fully saturated rings. The number of hydrogen-bond acceptors (Lipinski definition) is 2. The molecule has 2 aromatic carbocycles. The van der Waals surface area contributed by atoms with Gasteiger partial charge in [-0.15, -0.1) is 0 Å². The lowest BCUT2D eigenvalue weighted by Gasteiger charge is -2.29. The molecule has 2 rings (SSSR count). The third-order valence-corrected chi connectivity index (χ3v) is 5.57. The van der Waals surface area contributed by atoms with E-state index in [9.17, 15) is 9.59 Å². The monoisotopic (exact) mass is 408 g/mol. The van der Waals surface area contributed by atoms with Gasteiger partial charge in [0.05, 0.1) is 0 Å². The van der Waals surface area contributed by atoms with Crippen LogP contribution in [0.5, 0.6) is 0 Å². The number of nitrogens with zero attached hydrogens (tertiary/aromatic N) is 1. The van der Waals surface area contributed by atoms with Gasteiger partial charge in [0.15, 0.2) is 0 Å². The van der Waals surface area contributed by atoms with Gasteiger partial charge < -0.3 is 10.2 Å². The molecule has 30 heavy (non-hydrogen) atoms. The quantitative estimate of drug-likeness (QED) is 0.683. The maximum atomic E-state index is 13.2. The number of hydrogen-bond donors (Lipinski definition) is 1. The Labute approximate surface area is 181 Å². The topological polar surface area (TPSA) is 49.4 Å². The molecule has 0 saturated carbocycles. The van der Waals surface area contributed by atoms with E-state index in [1.54, 1.807) is 11.8 Å². The summed E-state index contributed by atoms with van der Waals surface area (Å²) >= 11 is 0. The van der Waals surface area contributed by atoms with Crippen molar-refractivity contribution in [2.24, 2.45) is 0 Å². The van der Waals surface area contributed by atoms with Gasteiger partial charge in [-0.3, -0.25) is 9.59 Å². The average Bonchev–Trinajstić information content (AvgIpc) is 2.70. The first-order chi connectivity index (χ1) is 14.1. The van der Waals surface area contributed by atoms with Crippen LogP contribution in [0.2, 0.25) is 0 Å². The summed E-state index contributed by atoms with van der Waals surface area (Å²) < 4.78 is 0. The molecule has 0 radical (unpaired) electrons. The van der Waals surface area contributed by atoms with Crippen molar-refractivity contribution in [3.05, 3.63) is 70.8 Å². The van der Waals surface area contributed by atoms with E-state index in [0.717, 1.165) is 16.7 Å². The molecule has 0 aliphatic rings. The fourth-order valence-electron chi connectivity index (χ4n) is 3.44. The fraction of sp³-hybridized carbons (Fsp3) is 0.462. The molecule has 4 nitrogen and oxygen atoms in total. The van der Waals surface area contributed by atoms with Crippen molar-refractivity contribution in [2.45, 2.75) is 72.4 Å². The number of amides is 2. The lowest BCUT2D eigenvalue weighted by atomic mass is 9.86. The lowest BCUT2D eigenvalue weighted by molar-refractivity contribution is -0.140. The maximum absolute atomic E-state index is 13.2. The molecule has 2 aromatic rings. The molecule has 0 aromatic heterocycles. The molecule has 162 valence electrons. The van der Waals surface area contributed by atoms with Crippen LogP contribution in [-0.4, -0.2) is 29.3 Å². The number of benzene rings is 2. The van der Waals surface area contributed by atoms with Crippen LogP contribution in [-0.2, 0) is 28.0 Å². The molecule has 0 saturated heterocycles. The van der Waals surface area contributed by atoms with Gasteiger partial charge in [0, 0.05) is 19.5 Å². The zero-order valence-electron chi connectivity index (χ0n) is 19.3. The summed E-state index contributed by atoms with van der Waals surface area (Å²) in [5, 5.41) is 2.84. The van der Waals surface area contributed by atoms with Crippen LogP contribution in [0.1, 0.15) is 63.3 Å². The average molecular weight is 409 g/mol. The Morgan fingerprint density at radius 3 is 2.23 bits per heavy atom. The molecule has 0 aliphatic carbocycles. The number of carbonyl (C=O) groups excluding carboxylic acids is 2. The van der Waals surface area contributed by atoms with E-state index in [-0.39, 0.29) is 17.2 Å². The molecule has 0 bridgehead atoms. The van der Waals surface area contributed by atoms with E-state index in [1.165, 1.54) is 5.56 Å². The second-order valence-corrected chi connectivity index (χ2v) is 8.97. The largest absolute Gasteiger partial charge is 0.355 e. The minimum atomic E-state index is -0.514. The van der Waals surface area contributed by atoms with E-state index in [1.807, 2.05) is 38.1 Å². The summed E-state index contributed by atoms with van der Waals surface area (Å²) in [5.74, 6) is -0.120. The van der Waals surface area contributed by atoms with Crippen molar-refractivity contribution in [1.29, 1.82) is 0 Å². The van der Waals surface area contributed by atoms with Crippen LogP contribution < -0.4 is 5.32 Å². The van der Waals surface area contributed by atoms with Gasteiger partial charge in [-0.25, -0.2) is 0 Å². The Balaban J connectivity index is 2.13. The molecule has 0 heterocycles. The molecule has 4 heteroatoms. The van der Waals surface area contributed by atoms with Gasteiger partial charge in [0.1, 0.15) is 6.04 Å². The summed E-state index contributed by atoms with van der Waals surface area (Å²) in [6, 6.07) is 16.0. The highest BCUT2D eigenvalue weighted by atomic mass is 16.2. The Morgan fingerprint density at radius 2 is 1.67 bits per heavy atom. The van der Waals surface area contributed by atoms with Crippen molar-refractivity contribution in [3.63, 3.8) is 0 Å². The predicted molar refractivity (Wildman–Crippen MR) is 123 cm³/mol. The first-order valence-corrected chi connectivity index (χ1v) is 10.8. The van der Waals surface area contributed by atoms with Gasteiger partial charge in [-0.1, -0.05) is 69.3 Å². The van der Waals surface area contributed by atoms with Crippen LogP contribution in [0.25, 0.3) is 0 Å². The summed E-state index contributed by atoms with van der Waals surface area (Å²) in [6.45, 7) is 13.3. The van der Waals surface area contributed by atoms with Gasteiger partial charge in [-0.2, -0.15) is 0 Å². The second kappa shape index (κ2) is 10.4. The number of rotatable bonds is 8. The van der Waals surface area contributed by atoms with Gasteiger partial charge >= 0.3 is 0 Å². The Bertz CT molecular complexity index is 850. The van der Waals surface area contributed by atoms with E-state index < -0.39 is 6.04 Å². The molecular formula is C26H36N2O2. The Morgan fingerprint density at radius 1 is 1.03 bits per heavy atom. The lowest BCUT2D eigenvalue weighted by Crippen LogP contribution is -2.47.